The molecule has 1 fully saturated rings. The average Bonchev–Trinajstić information content (AvgIpc) is 3.03. The zero-order chi connectivity index (χ0) is 15.7. The van der Waals surface area contributed by atoms with Crippen LogP contribution in [0.2, 0.25) is 5.02 Å². The number of halogens is 1. The average molecular weight is 318 g/mol. The number of amides is 2. The molecule has 114 valence electrons. The van der Waals surface area contributed by atoms with Crippen molar-refractivity contribution >= 4 is 29.1 Å². The molecule has 0 saturated carbocycles. The van der Waals surface area contributed by atoms with Crippen LogP contribution in [0.1, 0.15) is 17.4 Å². The van der Waals surface area contributed by atoms with Crippen molar-refractivity contribution in [2.75, 3.05) is 18.0 Å². The fraction of sp³-hybridized carbons (Fsp3) is 0.250. The number of H-pyrrole nitrogens is 1. The summed E-state index contributed by atoms with van der Waals surface area (Å²) in [5.74, 6) is -0.296. The molecule has 0 spiro atoms. The van der Waals surface area contributed by atoms with Crippen LogP contribution in [0.25, 0.3) is 0 Å². The van der Waals surface area contributed by atoms with Crippen LogP contribution in [-0.4, -0.2) is 40.8 Å². The lowest BCUT2D eigenvalue weighted by atomic mass is 10.1. The summed E-state index contributed by atoms with van der Waals surface area (Å²) in [4.78, 5) is 31.0. The number of carbonyl (C=O) groups is 2. The van der Waals surface area contributed by atoms with E-state index >= 15 is 0 Å². The summed E-state index contributed by atoms with van der Waals surface area (Å²) < 4.78 is 0. The topological polar surface area (TPSA) is 56.4 Å². The number of anilines is 1. The third-order valence-electron chi connectivity index (χ3n) is 3.82. The summed E-state index contributed by atoms with van der Waals surface area (Å²) in [5.41, 5.74) is 1.18. The first-order chi connectivity index (χ1) is 10.6. The number of rotatable bonds is 2. The van der Waals surface area contributed by atoms with Crippen LogP contribution in [0.5, 0.6) is 0 Å². The van der Waals surface area contributed by atoms with Gasteiger partial charge in [-0.1, -0.05) is 23.7 Å². The Morgan fingerprint density at radius 3 is 2.73 bits per heavy atom. The highest BCUT2D eigenvalue weighted by atomic mass is 35.5. The fourth-order valence-corrected chi connectivity index (χ4v) is 2.88. The number of nitrogens with zero attached hydrogens (tertiary/aromatic N) is 2. The van der Waals surface area contributed by atoms with Gasteiger partial charge in [0.1, 0.15) is 12.2 Å². The maximum absolute atomic E-state index is 12.4. The van der Waals surface area contributed by atoms with Crippen LogP contribution < -0.4 is 4.90 Å². The number of hydrogen-bond donors (Lipinski definition) is 1. The Morgan fingerprint density at radius 1 is 1.27 bits per heavy atom. The largest absolute Gasteiger partial charge is 0.357 e. The number of benzene rings is 1. The van der Waals surface area contributed by atoms with Crippen LogP contribution in [0.15, 0.2) is 42.6 Å². The van der Waals surface area contributed by atoms with E-state index in [9.17, 15) is 9.59 Å². The van der Waals surface area contributed by atoms with Gasteiger partial charge >= 0.3 is 0 Å². The molecule has 5 nitrogen and oxygen atoms in total. The van der Waals surface area contributed by atoms with Gasteiger partial charge in [-0.3, -0.25) is 9.59 Å². The summed E-state index contributed by atoms with van der Waals surface area (Å²) >= 11 is 6.17. The number of hydrogen-bond acceptors (Lipinski definition) is 2. The second-order valence-electron chi connectivity index (χ2n) is 5.32. The molecular weight excluding hydrogens is 302 g/mol. The Bertz CT molecular complexity index is 699. The minimum absolute atomic E-state index is 0.0459. The van der Waals surface area contributed by atoms with E-state index in [2.05, 4.69) is 4.98 Å². The number of aromatic nitrogens is 1. The van der Waals surface area contributed by atoms with E-state index < -0.39 is 0 Å². The molecule has 2 heterocycles. The van der Waals surface area contributed by atoms with Crippen molar-refractivity contribution in [1.29, 1.82) is 0 Å². The first-order valence-corrected chi connectivity index (χ1v) is 7.45. The Kier molecular flexibility index (Phi) is 3.90. The van der Waals surface area contributed by atoms with Gasteiger partial charge in [0.15, 0.2) is 0 Å². The zero-order valence-corrected chi connectivity index (χ0v) is 12.9. The summed E-state index contributed by atoms with van der Waals surface area (Å²) in [6.45, 7) is 2.40. The summed E-state index contributed by atoms with van der Waals surface area (Å²) in [6, 6.07) is 10.6. The van der Waals surface area contributed by atoms with Crippen molar-refractivity contribution in [3.63, 3.8) is 0 Å². The van der Waals surface area contributed by atoms with E-state index in [0.717, 1.165) is 0 Å². The van der Waals surface area contributed by atoms with Gasteiger partial charge in [0, 0.05) is 18.8 Å². The van der Waals surface area contributed by atoms with E-state index in [1.54, 1.807) is 34.2 Å². The van der Waals surface area contributed by atoms with Gasteiger partial charge in [-0.05, 0) is 31.2 Å². The molecule has 6 heteroatoms. The summed E-state index contributed by atoms with van der Waals surface area (Å²) in [7, 11) is 0. The highest BCUT2D eigenvalue weighted by molar-refractivity contribution is 6.33. The second-order valence-corrected chi connectivity index (χ2v) is 5.73. The minimum Gasteiger partial charge on any atom is -0.357 e. The lowest BCUT2D eigenvalue weighted by molar-refractivity contribution is -0.121. The van der Waals surface area contributed by atoms with E-state index in [1.807, 2.05) is 25.1 Å². The van der Waals surface area contributed by atoms with Crippen LogP contribution in [0.4, 0.5) is 5.69 Å². The van der Waals surface area contributed by atoms with Crippen molar-refractivity contribution in [3.8, 4) is 0 Å². The summed E-state index contributed by atoms with van der Waals surface area (Å²) in [5, 5.41) is 0.534. The molecule has 1 saturated heterocycles. The Balaban J connectivity index is 1.82. The molecular formula is C16H16ClN3O2. The molecule has 3 rings (SSSR count). The second kappa shape index (κ2) is 5.85. The molecule has 1 aromatic carbocycles. The van der Waals surface area contributed by atoms with Gasteiger partial charge in [0.25, 0.3) is 5.91 Å². The Hall–Kier alpha value is -2.27. The number of para-hydroxylation sites is 1. The number of nitrogens with one attached hydrogen (secondary N) is 1. The van der Waals surface area contributed by atoms with Crippen molar-refractivity contribution in [1.82, 2.24) is 9.88 Å². The molecule has 0 aliphatic carbocycles. The van der Waals surface area contributed by atoms with Crippen molar-refractivity contribution in [2.24, 2.45) is 0 Å². The maximum atomic E-state index is 12.4. The molecule has 0 bridgehead atoms. The van der Waals surface area contributed by atoms with Gasteiger partial charge in [0.2, 0.25) is 5.91 Å². The van der Waals surface area contributed by atoms with E-state index in [-0.39, 0.29) is 24.4 Å². The maximum Gasteiger partial charge on any atom is 0.271 e. The summed E-state index contributed by atoms with van der Waals surface area (Å²) in [6.07, 6.45) is 1.69. The molecule has 2 amide bonds. The highest BCUT2D eigenvalue weighted by Crippen LogP contribution is 2.28. The van der Waals surface area contributed by atoms with Crippen LogP contribution in [-0.2, 0) is 4.79 Å². The van der Waals surface area contributed by atoms with E-state index in [0.29, 0.717) is 22.9 Å². The first kappa shape index (κ1) is 14.7. The molecule has 2 aromatic rings. The molecule has 1 atom stereocenters. The van der Waals surface area contributed by atoms with Crippen LogP contribution in [0, 0.1) is 0 Å². The number of piperazine rings is 1. The van der Waals surface area contributed by atoms with Crippen molar-refractivity contribution in [2.45, 2.75) is 13.0 Å². The lowest BCUT2D eigenvalue weighted by Crippen LogP contribution is -2.57. The normalized spacial score (nSPS) is 18.6. The lowest BCUT2D eigenvalue weighted by Gasteiger charge is -2.39. The van der Waals surface area contributed by atoms with Crippen LogP contribution >= 0.6 is 11.6 Å². The van der Waals surface area contributed by atoms with Gasteiger partial charge in [0.05, 0.1) is 10.7 Å². The van der Waals surface area contributed by atoms with E-state index in [4.69, 9.17) is 11.6 Å². The SMILES string of the molecule is CC1CN(c2ccccc2Cl)C(=O)CN1C(=O)c1ccc[nH]1. The van der Waals surface area contributed by atoms with Gasteiger partial charge in [-0.25, -0.2) is 0 Å². The molecule has 1 aromatic heterocycles. The van der Waals surface area contributed by atoms with Crippen molar-refractivity contribution in [3.05, 3.63) is 53.3 Å². The predicted molar refractivity (Wildman–Crippen MR) is 85.1 cm³/mol. The zero-order valence-electron chi connectivity index (χ0n) is 12.1. The standard InChI is InChI=1S/C16H16ClN3O2/c1-11-9-20(14-7-3-2-5-12(14)17)15(21)10-19(11)16(22)13-6-4-8-18-13/h2-8,11,18H,9-10H2,1H3. The first-order valence-electron chi connectivity index (χ1n) is 7.07. The Labute approximate surface area is 133 Å². The third-order valence-corrected chi connectivity index (χ3v) is 4.14. The molecule has 1 unspecified atom stereocenters. The molecule has 0 radical (unpaired) electrons. The fourth-order valence-electron chi connectivity index (χ4n) is 2.64. The monoisotopic (exact) mass is 317 g/mol. The highest BCUT2D eigenvalue weighted by Gasteiger charge is 2.34. The minimum atomic E-state index is -0.162. The van der Waals surface area contributed by atoms with Crippen molar-refractivity contribution < 1.29 is 9.59 Å². The van der Waals surface area contributed by atoms with Gasteiger partial charge in [-0.15, -0.1) is 0 Å². The van der Waals surface area contributed by atoms with Gasteiger partial charge in [-0.2, -0.15) is 0 Å². The van der Waals surface area contributed by atoms with Crippen LogP contribution in [0.3, 0.4) is 0 Å². The van der Waals surface area contributed by atoms with E-state index in [1.165, 1.54) is 0 Å². The quantitative estimate of drug-likeness (QED) is 0.925. The Morgan fingerprint density at radius 2 is 2.05 bits per heavy atom. The molecule has 22 heavy (non-hydrogen) atoms. The third kappa shape index (κ3) is 2.60. The molecule has 1 N–H and O–H groups in total. The number of carbonyl (C=O) groups excluding carboxylic acids is 2. The molecule has 1 aliphatic rings. The number of aromatic amines is 1. The smallest absolute Gasteiger partial charge is 0.271 e. The van der Waals surface area contributed by atoms with Gasteiger partial charge < -0.3 is 14.8 Å². The predicted octanol–water partition coefficient (Wildman–Crippen LogP) is 2.55. The molecule has 1 aliphatic heterocycles.